The molecule has 76 valence electrons. The first-order chi connectivity index (χ1) is 7.45. The Balaban J connectivity index is 2.09. The lowest BCUT2D eigenvalue weighted by Crippen LogP contribution is -2.23. The van der Waals surface area contributed by atoms with E-state index in [4.69, 9.17) is 0 Å². The first-order valence-corrected chi connectivity index (χ1v) is 5.12. The number of H-pyrrole nitrogens is 1. The zero-order valence-corrected chi connectivity index (χ0v) is 8.33. The van der Waals surface area contributed by atoms with Crippen LogP contribution in [0.3, 0.4) is 0 Å². The van der Waals surface area contributed by atoms with E-state index in [2.05, 4.69) is 20.5 Å². The zero-order valence-electron chi connectivity index (χ0n) is 8.33. The summed E-state index contributed by atoms with van der Waals surface area (Å²) >= 11 is 0. The molecule has 1 aliphatic heterocycles. The molecular formula is C11H12N4. The van der Waals surface area contributed by atoms with Crippen LogP contribution in [0, 0.1) is 0 Å². The van der Waals surface area contributed by atoms with E-state index in [0.717, 1.165) is 30.8 Å². The van der Waals surface area contributed by atoms with Gasteiger partial charge in [0.1, 0.15) is 0 Å². The fraction of sp³-hybridized carbons (Fsp3) is 0.273. The number of nitrogens with one attached hydrogen (secondary N) is 2. The molecule has 4 heteroatoms. The van der Waals surface area contributed by atoms with E-state index in [-0.39, 0.29) is 0 Å². The number of pyridine rings is 1. The molecule has 2 N–H and O–H groups in total. The third-order valence-corrected chi connectivity index (χ3v) is 2.76. The molecule has 1 aliphatic rings. The number of aromatic amines is 1. The summed E-state index contributed by atoms with van der Waals surface area (Å²) in [6, 6.07) is 3.98. The summed E-state index contributed by atoms with van der Waals surface area (Å²) in [5.41, 5.74) is 4.75. The SMILES string of the molecule is c1cc(-c2n[nH]c3c2CNCC3)ccn1. The van der Waals surface area contributed by atoms with Gasteiger partial charge in [0.15, 0.2) is 0 Å². The molecule has 2 aromatic heterocycles. The highest BCUT2D eigenvalue weighted by Crippen LogP contribution is 2.24. The van der Waals surface area contributed by atoms with Gasteiger partial charge in [0, 0.05) is 48.7 Å². The highest BCUT2D eigenvalue weighted by atomic mass is 15.1. The molecule has 15 heavy (non-hydrogen) atoms. The second kappa shape index (κ2) is 3.47. The predicted octanol–water partition coefficient (Wildman–Crippen LogP) is 1.12. The minimum Gasteiger partial charge on any atom is -0.312 e. The molecule has 0 atom stereocenters. The smallest absolute Gasteiger partial charge is 0.0969 e. The lowest BCUT2D eigenvalue weighted by Gasteiger charge is -2.12. The summed E-state index contributed by atoms with van der Waals surface area (Å²) in [6.45, 7) is 1.94. The van der Waals surface area contributed by atoms with Gasteiger partial charge in [-0.05, 0) is 12.1 Å². The van der Waals surface area contributed by atoms with Crippen molar-refractivity contribution in [3.63, 3.8) is 0 Å². The van der Waals surface area contributed by atoms with Gasteiger partial charge >= 0.3 is 0 Å². The van der Waals surface area contributed by atoms with Gasteiger partial charge in [0.2, 0.25) is 0 Å². The van der Waals surface area contributed by atoms with Crippen molar-refractivity contribution in [2.45, 2.75) is 13.0 Å². The molecule has 3 heterocycles. The molecule has 0 unspecified atom stereocenters. The summed E-state index contributed by atoms with van der Waals surface area (Å²) in [4.78, 5) is 4.01. The minimum atomic E-state index is 0.906. The predicted molar refractivity (Wildman–Crippen MR) is 57.2 cm³/mol. The maximum Gasteiger partial charge on any atom is 0.0969 e. The number of nitrogens with zero attached hydrogens (tertiary/aromatic N) is 2. The van der Waals surface area contributed by atoms with Gasteiger partial charge in [0.05, 0.1) is 5.69 Å². The Morgan fingerprint density at radius 3 is 2.93 bits per heavy atom. The average molecular weight is 200 g/mol. The van der Waals surface area contributed by atoms with Crippen LogP contribution in [0.4, 0.5) is 0 Å². The van der Waals surface area contributed by atoms with Crippen molar-refractivity contribution in [1.82, 2.24) is 20.5 Å². The number of hydrogen-bond donors (Lipinski definition) is 2. The van der Waals surface area contributed by atoms with Crippen LogP contribution in [0.15, 0.2) is 24.5 Å². The molecule has 0 amide bonds. The van der Waals surface area contributed by atoms with Crippen molar-refractivity contribution in [3.8, 4) is 11.3 Å². The van der Waals surface area contributed by atoms with Gasteiger partial charge in [-0.15, -0.1) is 0 Å². The van der Waals surface area contributed by atoms with E-state index < -0.39 is 0 Å². The quantitative estimate of drug-likeness (QED) is 0.725. The maximum absolute atomic E-state index is 4.38. The monoisotopic (exact) mass is 200 g/mol. The van der Waals surface area contributed by atoms with Crippen LogP contribution < -0.4 is 5.32 Å². The van der Waals surface area contributed by atoms with E-state index >= 15 is 0 Å². The van der Waals surface area contributed by atoms with E-state index in [1.54, 1.807) is 12.4 Å². The van der Waals surface area contributed by atoms with Crippen molar-refractivity contribution in [2.24, 2.45) is 0 Å². The largest absolute Gasteiger partial charge is 0.312 e. The molecule has 4 nitrogen and oxygen atoms in total. The minimum absolute atomic E-state index is 0.906. The van der Waals surface area contributed by atoms with Crippen LogP contribution in [-0.4, -0.2) is 21.7 Å². The molecule has 2 aromatic rings. The van der Waals surface area contributed by atoms with Crippen molar-refractivity contribution >= 4 is 0 Å². The zero-order chi connectivity index (χ0) is 10.1. The summed E-state index contributed by atoms with van der Waals surface area (Å²) in [6.07, 6.45) is 4.63. The Morgan fingerprint density at radius 2 is 2.07 bits per heavy atom. The second-order valence-electron chi connectivity index (χ2n) is 3.69. The first-order valence-electron chi connectivity index (χ1n) is 5.12. The standard InChI is InChI=1S/C11H12N4/c1-4-12-5-2-8(1)11-9-7-13-6-3-10(9)14-15-11/h1-2,4-5,13H,3,6-7H2,(H,14,15). The van der Waals surface area contributed by atoms with Crippen LogP contribution in [0.5, 0.6) is 0 Å². The van der Waals surface area contributed by atoms with E-state index in [1.807, 2.05) is 12.1 Å². The lowest BCUT2D eigenvalue weighted by molar-refractivity contribution is 0.637. The molecule has 0 radical (unpaired) electrons. The van der Waals surface area contributed by atoms with Gasteiger partial charge in [0.25, 0.3) is 0 Å². The lowest BCUT2D eigenvalue weighted by atomic mass is 10.0. The number of aromatic nitrogens is 3. The Labute approximate surface area is 87.7 Å². The molecule has 0 saturated carbocycles. The molecular weight excluding hydrogens is 188 g/mol. The molecule has 0 spiro atoms. The van der Waals surface area contributed by atoms with Gasteiger partial charge in [-0.2, -0.15) is 5.10 Å². The molecule has 0 aliphatic carbocycles. The number of rotatable bonds is 1. The molecule has 0 bridgehead atoms. The third kappa shape index (κ3) is 1.43. The van der Waals surface area contributed by atoms with Crippen LogP contribution in [0.2, 0.25) is 0 Å². The molecule has 3 rings (SSSR count). The van der Waals surface area contributed by atoms with E-state index in [0.29, 0.717) is 0 Å². The first kappa shape index (κ1) is 8.61. The maximum atomic E-state index is 4.38. The average Bonchev–Trinajstić information content (AvgIpc) is 2.74. The van der Waals surface area contributed by atoms with Crippen molar-refractivity contribution in [1.29, 1.82) is 0 Å². The normalized spacial score (nSPS) is 14.9. The Hall–Kier alpha value is -1.68. The summed E-state index contributed by atoms with van der Waals surface area (Å²) < 4.78 is 0. The van der Waals surface area contributed by atoms with Gasteiger partial charge < -0.3 is 5.32 Å². The van der Waals surface area contributed by atoms with Crippen LogP contribution >= 0.6 is 0 Å². The summed E-state index contributed by atoms with van der Waals surface area (Å²) in [5.74, 6) is 0. The third-order valence-electron chi connectivity index (χ3n) is 2.76. The highest BCUT2D eigenvalue weighted by molar-refractivity contribution is 5.63. The number of hydrogen-bond acceptors (Lipinski definition) is 3. The van der Waals surface area contributed by atoms with Gasteiger partial charge in [-0.1, -0.05) is 0 Å². The van der Waals surface area contributed by atoms with Crippen LogP contribution in [0.1, 0.15) is 11.3 Å². The highest BCUT2D eigenvalue weighted by Gasteiger charge is 2.16. The van der Waals surface area contributed by atoms with E-state index in [1.165, 1.54) is 11.3 Å². The fourth-order valence-corrected chi connectivity index (χ4v) is 1.97. The van der Waals surface area contributed by atoms with Gasteiger partial charge in [-0.3, -0.25) is 10.1 Å². The van der Waals surface area contributed by atoms with Crippen molar-refractivity contribution < 1.29 is 0 Å². The second-order valence-corrected chi connectivity index (χ2v) is 3.69. The Morgan fingerprint density at radius 1 is 1.20 bits per heavy atom. The molecule has 0 fully saturated rings. The van der Waals surface area contributed by atoms with Crippen LogP contribution in [-0.2, 0) is 13.0 Å². The Bertz CT molecular complexity index is 461. The summed E-state index contributed by atoms with van der Waals surface area (Å²) in [7, 11) is 0. The topological polar surface area (TPSA) is 53.6 Å². The van der Waals surface area contributed by atoms with Gasteiger partial charge in [-0.25, -0.2) is 0 Å². The van der Waals surface area contributed by atoms with Crippen molar-refractivity contribution in [3.05, 3.63) is 35.8 Å². The number of fused-ring (bicyclic) bond motifs is 1. The molecule has 0 saturated heterocycles. The Kier molecular flexibility index (Phi) is 1.99. The van der Waals surface area contributed by atoms with E-state index in [9.17, 15) is 0 Å². The van der Waals surface area contributed by atoms with Crippen LogP contribution in [0.25, 0.3) is 11.3 Å². The molecule has 0 aromatic carbocycles. The van der Waals surface area contributed by atoms with Crippen molar-refractivity contribution in [2.75, 3.05) is 6.54 Å². The fourth-order valence-electron chi connectivity index (χ4n) is 1.97. The summed E-state index contributed by atoms with van der Waals surface area (Å²) in [5, 5.41) is 10.9.